The van der Waals surface area contributed by atoms with Gasteiger partial charge in [-0.25, -0.2) is 0 Å². The molecule has 0 aliphatic carbocycles. The number of hydrogen-bond donors (Lipinski definition) is 0. The SMILES string of the molecule is [SiH4].c1ccc([SiH]2CCCCO2)cc1. The molecule has 1 saturated heterocycles. The lowest BCUT2D eigenvalue weighted by Crippen LogP contribution is -2.36. The van der Waals surface area contributed by atoms with E-state index < -0.39 is 9.04 Å². The van der Waals surface area contributed by atoms with Gasteiger partial charge in [-0.3, -0.25) is 0 Å². The molecule has 1 unspecified atom stereocenters. The van der Waals surface area contributed by atoms with Crippen LogP contribution in [0.4, 0.5) is 0 Å². The van der Waals surface area contributed by atoms with E-state index in [1.54, 1.807) is 0 Å². The van der Waals surface area contributed by atoms with Gasteiger partial charge in [0, 0.05) is 6.61 Å². The van der Waals surface area contributed by atoms with E-state index in [-0.39, 0.29) is 11.0 Å². The van der Waals surface area contributed by atoms with Crippen molar-refractivity contribution in [3.05, 3.63) is 30.3 Å². The van der Waals surface area contributed by atoms with Crippen LogP contribution in [0.25, 0.3) is 0 Å². The molecule has 1 aromatic rings. The first-order valence-electron chi connectivity index (χ1n) is 4.63. The molecule has 0 bridgehead atoms. The zero-order valence-corrected chi connectivity index (χ0v) is 8.36. The van der Waals surface area contributed by atoms with Crippen molar-refractivity contribution in [3.63, 3.8) is 0 Å². The van der Waals surface area contributed by atoms with Crippen LogP contribution in [-0.2, 0) is 4.43 Å². The van der Waals surface area contributed by atoms with Crippen molar-refractivity contribution >= 4 is 25.2 Å². The molecule has 1 nitrogen and oxygen atoms in total. The standard InChI is InChI=1S/C10H14OSi.H4Si/c1-2-6-10(7-3-1)12-9-5-4-8-11-12;/h1-3,6-7,12H,4-5,8-9H2;1H4. The Labute approximate surface area is 85.9 Å². The predicted molar refractivity (Wildman–Crippen MR) is 64.6 cm³/mol. The summed E-state index contributed by atoms with van der Waals surface area (Å²) in [6.07, 6.45) is 2.63. The quantitative estimate of drug-likeness (QED) is 0.592. The first-order chi connectivity index (χ1) is 5.97. The Bertz CT molecular complexity index is 232. The van der Waals surface area contributed by atoms with Crippen molar-refractivity contribution in [3.8, 4) is 0 Å². The van der Waals surface area contributed by atoms with Crippen LogP contribution in [-0.4, -0.2) is 26.6 Å². The van der Waals surface area contributed by atoms with E-state index in [0.29, 0.717) is 0 Å². The summed E-state index contributed by atoms with van der Waals surface area (Å²) >= 11 is 0. The van der Waals surface area contributed by atoms with Crippen molar-refractivity contribution in [1.29, 1.82) is 0 Å². The lowest BCUT2D eigenvalue weighted by molar-refractivity contribution is 0.294. The maximum absolute atomic E-state index is 5.80. The minimum Gasteiger partial charge on any atom is -0.415 e. The van der Waals surface area contributed by atoms with Gasteiger partial charge in [0.1, 0.15) is 0 Å². The van der Waals surface area contributed by atoms with Crippen molar-refractivity contribution < 1.29 is 4.43 Å². The Kier molecular flexibility index (Phi) is 4.41. The summed E-state index contributed by atoms with van der Waals surface area (Å²) in [4.78, 5) is 0. The summed E-state index contributed by atoms with van der Waals surface area (Å²) in [5.41, 5.74) is 0. The molecule has 1 aliphatic heterocycles. The maximum atomic E-state index is 5.80. The minimum atomic E-state index is -0.984. The van der Waals surface area contributed by atoms with Gasteiger partial charge in [-0.2, -0.15) is 0 Å². The third kappa shape index (κ3) is 2.79. The molecule has 1 heterocycles. The third-order valence-electron chi connectivity index (χ3n) is 2.35. The van der Waals surface area contributed by atoms with Crippen LogP contribution in [0.1, 0.15) is 12.8 Å². The molecule has 0 N–H and O–H groups in total. The zero-order chi connectivity index (χ0) is 8.23. The van der Waals surface area contributed by atoms with Crippen LogP contribution in [0.5, 0.6) is 0 Å². The van der Waals surface area contributed by atoms with Crippen LogP contribution >= 0.6 is 0 Å². The second-order valence-corrected chi connectivity index (χ2v) is 5.82. The molecule has 0 spiro atoms. The van der Waals surface area contributed by atoms with Crippen molar-refractivity contribution in [1.82, 2.24) is 0 Å². The Hall–Kier alpha value is -0.386. The Balaban J connectivity index is 0.000000845. The fraction of sp³-hybridized carbons (Fsp3) is 0.400. The van der Waals surface area contributed by atoms with Gasteiger partial charge in [0.25, 0.3) is 0 Å². The Morgan fingerprint density at radius 3 is 2.46 bits per heavy atom. The van der Waals surface area contributed by atoms with E-state index in [1.807, 2.05) is 0 Å². The second kappa shape index (κ2) is 5.37. The predicted octanol–water partition coefficient (Wildman–Crippen LogP) is -0.0238. The number of hydrogen-bond acceptors (Lipinski definition) is 1. The molecule has 1 aliphatic rings. The molecule has 1 aromatic carbocycles. The normalized spacial score (nSPS) is 22.0. The van der Waals surface area contributed by atoms with E-state index in [4.69, 9.17) is 4.43 Å². The number of benzene rings is 1. The van der Waals surface area contributed by atoms with Crippen molar-refractivity contribution in [2.75, 3.05) is 6.61 Å². The third-order valence-corrected chi connectivity index (χ3v) is 5.05. The van der Waals surface area contributed by atoms with Crippen LogP contribution in [0.3, 0.4) is 0 Å². The molecule has 72 valence electrons. The molecular weight excluding hydrogens is 192 g/mol. The van der Waals surface area contributed by atoms with E-state index in [1.165, 1.54) is 24.1 Å². The summed E-state index contributed by atoms with van der Waals surface area (Å²) < 4.78 is 5.80. The van der Waals surface area contributed by atoms with Gasteiger partial charge in [-0.1, -0.05) is 36.8 Å². The van der Waals surface area contributed by atoms with Gasteiger partial charge in [-0.05, 0) is 28.6 Å². The van der Waals surface area contributed by atoms with Crippen LogP contribution in [0.15, 0.2) is 30.3 Å². The van der Waals surface area contributed by atoms with Crippen LogP contribution in [0, 0.1) is 0 Å². The molecule has 13 heavy (non-hydrogen) atoms. The smallest absolute Gasteiger partial charge is 0.208 e. The molecule has 2 rings (SSSR count). The number of rotatable bonds is 1. The molecule has 0 saturated carbocycles. The Morgan fingerprint density at radius 2 is 1.85 bits per heavy atom. The fourth-order valence-corrected chi connectivity index (χ4v) is 4.13. The summed E-state index contributed by atoms with van der Waals surface area (Å²) in [5, 5.41) is 1.47. The molecule has 1 fully saturated rings. The van der Waals surface area contributed by atoms with Gasteiger partial charge in [-0.15, -0.1) is 0 Å². The van der Waals surface area contributed by atoms with Crippen LogP contribution < -0.4 is 5.19 Å². The summed E-state index contributed by atoms with van der Waals surface area (Å²) in [6.45, 7) is 0.992. The van der Waals surface area contributed by atoms with Gasteiger partial charge in [0.2, 0.25) is 9.04 Å². The summed E-state index contributed by atoms with van der Waals surface area (Å²) in [6, 6.07) is 12.0. The molecule has 1 atom stereocenters. The molecule has 0 aromatic heterocycles. The largest absolute Gasteiger partial charge is 0.415 e. The van der Waals surface area contributed by atoms with Gasteiger partial charge < -0.3 is 4.43 Å². The van der Waals surface area contributed by atoms with Gasteiger partial charge in [0.05, 0.1) is 0 Å². The van der Waals surface area contributed by atoms with Crippen molar-refractivity contribution in [2.24, 2.45) is 0 Å². The monoisotopic (exact) mass is 210 g/mol. The highest BCUT2D eigenvalue weighted by Crippen LogP contribution is 2.10. The summed E-state index contributed by atoms with van der Waals surface area (Å²) in [5.74, 6) is 0. The first kappa shape index (κ1) is 10.7. The second-order valence-electron chi connectivity index (χ2n) is 3.27. The molecule has 0 radical (unpaired) electrons. The highest BCUT2D eigenvalue weighted by atomic mass is 28.3. The lowest BCUT2D eigenvalue weighted by atomic mass is 10.3. The summed E-state index contributed by atoms with van der Waals surface area (Å²) in [7, 11) is -0.984. The highest BCUT2D eigenvalue weighted by Gasteiger charge is 2.17. The Morgan fingerprint density at radius 1 is 1.08 bits per heavy atom. The van der Waals surface area contributed by atoms with E-state index >= 15 is 0 Å². The molecule has 0 amide bonds. The fourth-order valence-electron chi connectivity index (χ4n) is 1.67. The zero-order valence-electron chi connectivity index (χ0n) is 7.20. The molecular formula is C10H18OSi2. The average molecular weight is 210 g/mol. The lowest BCUT2D eigenvalue weighted by Gasteiger charge is -2.21. The van der Waals surface area contributed by atoms with E-state index in [2.05, 4.69) is 30.3 Å². The maximum Gasteiger partial charge on any atom is 0.208 e. The minimum absolute atomic E-state index is 0. The first-order valence-corrected chi connectivity index (χ1v) is 6.50. The topological polar surface area (TPSA) is 9.23 Å². The van der Waals surface area contributed by atoms with Crippen LogP contribution in [0.2, 0.25) is 6.04 Å². The molecule has 3 heteroatoms. The van der Waals surface area contributed by atoms with Gasteiger partial charge in [0.15, 0.2) is 0 Å². The van der Waals surface area contributed by atoms with E-state index in [0.717, 1.165) is 6.61 Å². The van der Waals surface area contributed by atoms with Gasteiger partial charge >= 0.3 is 0 Å². The van der Waals surface area contributed by atoms with Crippen molar-refractivity contribution in [2.45, 2.75) is 18.9 Å². The average Bonchev–Trinajstić information content (AvgIpc) is 2.21. The highest BCUT2D eigenvalue weighted by molar-refractivity contribution is 6.67. The van der Waals surface area contributed by atoms with E-state index in [9.17, 15) is 0 Å².